The number of aryl methyl sites for hydroxylation is 1. The van der Waals surface area contributed by atoms with E-state index < -0.39 is 0 Å². The Morgan fingerprint density at radius 2 is 2.22 bits per heavy atom. The van der Waals surface area contributed by atoms with E-state index in [0.29, 0.717) is 5.69 Å². The number of hydrogen-bond donors (Lipinski definition) is 0. The van der Waals surface area contributed by atoms with Gasteiger partial charge >= 0.3 is 0 Å². The summed E-state index contributed by atoms with van der Waals surface area (Å²) in [4.78, 5) is 21.7. The second kappa shape index (κ2) is 6.97. The minimum atomic E-state index is 0.0556. The maximum atomic E-state index is 12.8. The molecule has 2 aliphatic heterocycles. The number of hydrogen-bond acceptors (Lipinski definition) is 4. The third-order valence-electron chi connectivity index (χ3n) is 5.02. The zero-order valence-corrected chi connectivity index (χ0v) is 14.3. The molecule has 3 rings (SSSR count). The fourth-order valence-electron chi connectivity index (χ4n) is 3.80. The van der Waals surface area contributed by atoms with Gasteiger partial charge in [0.25, 0.3) is 5.91 Å². The van der Waals surface area contributed by atoms with Crippen LogP contribution in [0, 0.1) is 12.3 Å². The fraction of sp³-hybridized carbons (Fsp3) is 0.667. The average molecular weight is 317 g/mol. The predicted molar refractivity (Wildman–Crippen MR) is 89.5 cm³/mol. The van der Waals surface area contributed by atoms with Crippen LogP contribution in [0.3, 0.4) is 0 Å². The molecule has 5 heteroatoms. The lowest BCUT2D eigenvalue weighted by atomic mass is 9.80. The Morgan fingerprint density at radius 3 is 3.00 bits per heavy atom. The van der Waals surface area contributed by atoms with Crippen LogP contribution in [-0.2, 0) is 4.74 Å². The molecule has 3 heterocycles. The standard InChI is InChI=1S/C18H27N3O2/c1-3-20-10-11-23-14-18(12-20)8-5-9-21(13-18)17(22)16-7-4-6-15(2)19-16/h4,6-7H,3,5,8-14H2,1-2H3/t18-/m1/s1. The van der Waals surface area contributed by atoms with Crippen molar-refractivity contribution in [2.75, 3.05) is 45.9 Å². The van der Waals surface area contributed by atoms with Gasteiger partial charge in [0.15, 0.2) is 0 Å². The van der Waals surface area contributed by atoms with Crippen LogP contribution >= 0.6 is 0 Å². The molecule has 126 valence electrons. The fourth-order valence-corrected chi connectivity index (χ4v) is 3.80. The Kier molecular flexibility index (Phi) is 4.97. The lowest BCUT2D eigenvalue weighted by Gasteiger charge is -2.43. The molecule has 1 spiro atoms. The normalized spacial score (nSPS) is 26.3. The molecule has 0 aromatic carbocycles. The van der Waals surface area contributed by atoms with Crippen molar-refractivity contribution in [3.63, 3.8) is 0 Å². The van der Waals surface area contributed by atoms with Crippen LogP contribution in [0.5, 0.6) is 0 Å². The zero-order valence-electron chi connectivity index (χ0n) is 14.3. The second-order valence-electron chi connectivity index (χ2n) is 6.92. The highest BCUT2D eigenvalue weighted by Crippen LogP contribution is 2.33. The van der Waals surface area contributed by atoms with Gasteiger partial charge < -0.3 is 14.5 Å². The minimum Gasteiger partial charge on any atom is -0.379 e. The highest BCUT2D eigenvalue weighted by molar-refractivity contribution is 5.92. The highest BCUT2D eigenvalue weighted by atomic mass is 16.5. The average Bonchev–Trinajstić information content (AvgIpc) is 2.76. The van der Waals surface area contributed by atoms with Crippen molar-refractivity contribution < 1.29 is 9.53 Å². The summed E-state index contributed by atoms with van der Waals surface area (Å²) in [5.41, 5.74) is 1.52. The number of likely N-dealkylation sites (N-methyl/N-ethyl adjacent to an activating group) is 1. The molecule has 23 heavy (non-hydrogen) atoms. The molecule has 1 amide bonds. The number of piperidine rings is 1. The van der Waals surface area contributed by atoms with Gasteiger partial charge in [0.05, 0.1) is 13.2 Å². The topological polar surface area (TPSA) is 45.7 Å². The molecule has 2 saturated heterocycles. The molecule has 1 atom stereocenters. The summed E-state index contributed by atoms with van der Waals surface area (Å²) in [6.07, 6.45) is 2.17. The molecule has 2 aliphatic rings. The lowest BCUT2D eigenvalue weighted by molar-refractivity contribution is 0.00743. The van der Waals surface area contributed by atoms with Gasteiger partial charge in [0.1, 0.15) is 5.69 Å². The number of nitrogens with zero attached hydrogens (tertiary/aromatic N) is 3. The van der Waals surface area contributed by atoms with Gasteiger partial charge in [-0.1, -0.05) is 13.0 Å². The number of carbonyl (C=O) groups excluding carboxylic acids is 1. The molecule has 1 aromatic heterocycles. The molecule has 5 nitrogen and oxygen atoms in total. The van der Waals surface area contributed by atoms with Crippen LogP contribution in [-0.4, -0.2) is 66.6 Å². The van der Waals surface area contributed by atoms with E-state index in [1.54, 1.807) is 0 Å². The van der Waals surface area contributed by atoms with E-state index in [-0.39, 0.29) is 11.3 Å². The number of aromatic nitrogens is 1. The highest BCUT2D eigenvalue weighted by Gasteiger charge is 2.40. The van der Waals surface area contributed by atoms with Crippen LogP contribution < -0.4 is 0 Å². The Morgan fingerprint density at radius 1 is 1.35 bits per heavy atom. The van der Waals surface area contributed by atoms with Gasteiger partial charge in [-0.05, 0) is 38.4 Å². The summed E-state index contributed by atoms with van der Waals surface area (Å²) >= 11 is 0. The predicted octanol–water partition coefficient (Wildman–Crippen LogP) is 1.96. The van der Waals surface area contributed by atoms with E-state index in [1.165, 1.54) is 0 Å². The van der Waals surface area contributed by atoms with Crippen molar-refractivity contribution in [2.45, 2.75) is 26.7 Å². The van der Waals surface area contributed by atoms with E-state index in [1.807, 2.05) is 30.0 Å². The molecule has 2 fully saturated rings. The number of pyridine rings is 1. The molecular formula is C18H27N3O2. The van der Waals surface area contributed by atoms with Gasteiger partial charge in [-0.15, -0.1) is 0 Å². The molecule has 0 saturated carbocycles. The van der Waals surface area contributed by atoms with Crippen molar-refractivity contribution in [1.29, 1.82) is 0 Å². The van der Waals surface area contributed by atoms with Crippen molar-refractivity contribution in [3.8, 4) is 0 Å². The summed E-state index contributed by atoms with van der Waals surface area (Å²) in [7, 11) is 0. The Balaban J connectivity index is 1.75. The lowest BCUT2D eigenvalue weighted by Crippen LogP contribution is -2.52. The first-order valence-corrected chi connectivity index (χ1v) is 8.65. The largest absolute Gasteiger partial charge is 0.379 e. The molecule has 1 aromatic rings. The summed E-state index contributed by atoms with van der Waals surface area (Å²) in [6.45, 7) is 10.3. The Hall–Kier alpha value is -1.46. The van der Waals surface area contributed by atoms with Crippen LogP contribution in [0.25, 0.3) is 0 Å². The number of likely N-dealkylation sites (tertiary alicyclic amines) is 1. The zero-order chi connectivity index (χ0) is 16.3. The van der Waals surface area contributed by atoms with Crippen molar-refractivity contribution >= 4 is 5.91 Å². The molecule has 0 unspecified atom stereocenters. The SMILES string of the molecule is CCN1CCOC[C@]2(CCCN(C(=O)c3cccc(C)n3)C2)C1. The first kappa shape index (κ1) is 16.4. The van der Waals surface area contributed by atoms with Gasteiger partial charge in [-0.25, -0.2) is 4.98 Å². The first-order valence-electron chi connectivity index (χ1n) is 8.65. The van der Waals surface area contributed by atoms with E-state index in [4.69, 9.17) is 4.74 Å². The van der Waals surface area contributed by atoms with E-state index >= 15 is 0 Å². The van der Waals surface area contributed by atoms with Crippen LogP contribution in [0.4, 0.5) is 0 Å². The number of rotatable bonds is 2. The van der Waals surface area contributed by atoms with Crippen LogP contribution in [0.1, 0.15) is 35.9 Å². The molecular weight excluding hydrogens is 290 g/mol. The first-order chi connectivity index (χ1) is 11.1. The van der Waals surface area contributed by atoms with Crippen molar-refractivity contribution in [3.05, 3.63) is 29.6 Å². The summed E-state index contributed by atoms with van der Waals surface area (Å²) in [5.74, 6) is 0.0556. The van der Waals surface area contributed by atoms with Gasteiger partial charge in [0, 0.05) is 37.3 Å². The molecule has 0 N–H and O–H groups in total. The minimum absolute atomic E-state index is 0.0556. The summed E-state index contributed by atoms with van der Waals surface area (Å²) < 4.78 is 5.88. The van der Waals surface area contributed by atoms with E-state index in [9.17, 15) is 4.79 Å². The van der Waals surface area contributed by atoms with E-state index in [0.717, 1.165) is 64.5 Å². The quantitative estimate of drug-likeness (QED) is 0.836. The van der Waals surface area contributed by atoms with Crippen molar-refractivity contribution in [2.24, 2.45) is 5.41 Å². The van der Waals surface area contributed by atoms with E-state index in [2.05, 4.69) is 16.8 Å². The summed E-state index contributed by atoms with van der Waals surface area (Å²) in [6, 6.07) is 5.65. The summed E-state index contributed by atoms with van der Waals surface area (Å²) in [5, 5.41) is 0. The Bertz CT molecular complexity index is 563. The Labute approximate surface area is 138 Å². The maximum absolute atomic E-state index is 12.8. The maximum Gasteiger partial charge on any atom is 0.272 e. The monoisotopic (exact) mass is 317 g/mol. The third-order valence-corrected chi connectivity index (χ3v) is 5.02. The number of carbonyl (C=O) groups is 1. The molecule has 0 aliphatic carbocycles. The third kappa shape index (κ3) is 3.72. The van der Waals surface area contributed by atoms with Crippen LogP contribution in [0.15, 0.2) is 18.2 Å². The van der Waals surface area contributed by atoms with Crippen LogP contribution in [0.2, 0.25) is 0 Å². The number of amides is 1. The van der Waals surface area contributed by atoms with Gasteiger partial charge in [-0.2, -0.15) is 0 Å². The van der Waals surface area contributed by atoms with Gasteiger partial charge in [0.2, 0.25) is 0 Å². The molecule has 0 bridgehead atoms. The van der Waals surface area contributed by atoms with Crippen molar-refractivity contribution in [1.82, 2.24) is 14.8 Å². The number of ether oxygens (including phenoxy) is 1. The second-order valence-corrected chi connectivity index (χ2v) is 6.92. The van der Waals surface area contributed by atoms with Gasteiger partial charge in [-0.3, -0.25) is 4.79 Å². The smallest absolute Gasteiger partial charge is 0.272 e. The molecule has 0 radical (unpaired) electrons.